The zero-order valence-corrected chi connectivity index (χ0v) is 30.1. The summed E-state index contributed by atoms with van der Waals surface area (Å²) in [6, 6.07) is 77.3. The third-order valence-corrected chi connectivity index (χ3v) is 11.3. The summed E-state index contributed by atoms with van der Waals surface area (Å²) in [5.41, 5.74) is 12.8. The lowest BCUT2D eigenvalue weighted by atomic mass is 9.74. The Hall–Kier alpha value is -6.90. The lowest BCUT2D eigenvalue weighted by molar-refractivity contribution is 0.714. The van der Waals surface area contributed by atoms with Gasteiger partial charge in [0.15, 0.2) is 0 Å². The van der Waals surface area contributed by atoms with Gasteiger partial charge < -0.3 is 9.80 Å². The van der Waals surface area contributed by atoms with Crippen LogP contribution in [-0.2, 0) is 5.41 Å². The van der Waals surface area contributed by atoms with Crippen molar-refractivity contribution in [2.75, 3.05) is 9.80 Å². The molecule has 0 radical (unpaired) electrons. The third kappa shape index (κ3) is 5.10. The molecular weight excluding hydrogens is 653 g/mol. The van der Waals surface area contributed by atoms with Crippen LogP contribution in [0.3, 0.4) is 0 Å². The average Bonchev–Trinajstić information content (AvgIpc) is 3.50. The van der Waals surface area contributed by atoms with Crippen molar-refractivity contribution in [1.82, 2.24) is 0 Å². The minimum Gasteiger partial charge on any atom is -0.310 e. The fourth-order valence-electron chi connectivity index (χ4n) is 8.68. The molecule has 1 aliphatic carbocycles. The van der Waals surface area contributed by atoms with Crippen LogP contribution in [0.2, 0.25) is 0 Å². The van der Waals surface area contributed by atoms with E-state index in [1.807, 2.05) is 0 Å². The summed E-state index contributed by atoms with van der Waals surface area (Å²) in [7, 11) is 0. The van der Waals surface area contributed by atoms with Crippen LogP contribution >= 0.6 is 0 Å². The summed E-state index contributed by atoms with van der Waals surface area (Å²) < 4.78 is 0. The largest absolute Gasteiger partial charge is 0.310 e. The Kier molecular flexibility index (Phi) is 7.63. The second kappa shape index (κ2) is 12.9. The molecule has 0 heterocycles. The van der Waals surface area contributed by atoms with Gasteiger partial charge in [-0.25, -0.2) is 0 Å². The highest BCUT2D eigenvalue weighted by molar-refractivity contribution is 6.01. The Balaban J connectivity index is 1.19. The topological polar surface area (TPSA) is 6.48 Å². The van der Waals surface area contributed by atoms with Crippen LogP contribution in [0.1, 0.15) is 23.6 Å². The van der Waals surface area contributed by atoms with Gasteiger partial charge in [0.05, 0.1) is 11.4 Å². The highest BCUT2D eigenvalue weighted by Gasteiger charge is 2.42. The molecule has 9 aromatic rings. The molecule has 0 saturated carbocycles. The van der Waals surface area contributed by atoms with E-state index in [9.17, 15) is 0 Å². The normalized spacial score (nSPS) is 12.7. The molecule has 0 aliphatic heterocycles. The maximum atomic E-state index is 2.44. The van der Waals surface area contributed by atoms with Crippen LogP contribution < -0.4 is 9.80 Å². The van der Waals surface area contributed by atoms with E-state index in [-0.39, 0.29) is 0 Å². The van der Waals surface area contributed by atoms with E-state index in [2.05, 4.69) is 229 Å². The van der Waals surface area contributed by atoms with Gasteiger partial charge in [-0.3, -0.25) is 0 Å². The smallest absolute Gasteiger partial charge is 0.0540 e. The molecule has 0 aromatic heterocycles. The van der Waals surface area contributed by atoms with Gasteiger partial charge in [-0.1, -0.05) is 152 Å². The number of para-hydroxylation sites is 2. The van der Waals surface area contributed by atoms with E-state index in [1.165, 1.54) is 49.4 Å². The van der Waals surface area contributed by atoms with Gasteiger partial charge in [0, 0.05) is 38.9 Å². The number of nitrogens with zero attached hydrogens (tertiary/aromatic N) is 2. The van der Waals surface area contributed by atoms with Crippen molar-refractivity contribution >= 4 is 55.7 Å². The molecule has 10 rings (SSSR count). The molecule has 54 heavy (non-hydrogen) atoms. The number of benzene rings is 9. The Morgan fingerprint density at radius 3 is 1.19 bits per heavy atom. The second-order valence-electron chi connectivity index (χ2n) is 14.3. The Morgan fingerprint density at radius 1 is 0.333 bits per heavy atom. The molecule has 0 N–H and O–H groups in total. The van der Waals surface area contributed by atoms with E-state index >= 15 is 0 Å². The van der Waals surface area contributed by atoms with Crippen molar-refractivity contribution in [3.63, 3.8) is 0 Å². The number of hydrogen-bond donors (Lipinski definition) is 0. The van der Waals surface area contributed by atoms with Crippen LogP contribution in [0, 0.1) is 0 Å². The maximum Gasteiger partial charge on any atom is 0.0540 e. The van der Waals surface area contributed by atoms with Gasteiger partial charge in [0.1, 0.15) is 0 Å². The van der Waals surface area contributed by atoms with Crippen molar-refractivity contribution in [1.29, 1.82) is 0 Å². The monoisotopic (exact) mass is 690 g/mol. The second-order valence-corrected chi connectivity index (χ2v) is 14.3. The number of rotatable bonds is 7. The SMILES string of the molecule is CC1(c2ccccc2)c2cc(N(c3ccccc3)c3cccc4ccccc34)ccc2-c2ccc(N(c3ccccc3)c3cccc4ccccc34)cc21. The van der Waals surface area contributed by atoms with Gasteiger partial charge in [-0.05, 0) is 106 Å². The Labute approximate surface area is 316 Å². The fourth-order valence-corrected chi connectivity index (χ4v) is 8.68. The summed E-state index contributed by atoms with van der Waals surface area (Å²) >= 11 is 0. The summed E-state index contributed by atoms with van der Waals surface area (Å²) in [6.45, 7) is 2.41. The average molecular weight is 691 g/mol. The lowest BCUT2D eigenvalue weighted by Gasteiger charge is -2.32. The zero-order valence-electron chi connectivity index (χ0n) is 30.1. The minimum absolute atomic E-state index is 0.416. The Bertz CT molecular complexity index is 2610. The molecule has 0 bridgehead atoms. The quantitative estimate of drug-likeness (QED) is 0.164. The maximum absolute atomic E-state index is 2.44. The summed E-state index contributed by atoms with van der Waals surface area (Å²) in [5.74, 6) is 0. The molecule has 0 amide bonds. The zero-order chi connectivity index (χ0) is 36.1. The van der Waals surface area contributed by atoms with E-state index in [0.29, 0.717) is 0 Å². The van der Waals surface area contributed by atoms with Crippen molar-refractivity contribution in [2.45, 2.75) is 12.3 Å². The van der Waals surface area contributed by atoms with Crippen LogP contribution in [-0.4, -0.2) is 0 Å². The first-order valence-corrected chi connectivity index (χ1v) is 18.7. The molecule has 2 heteroatoms. The van der Waals surface area contributed by atoms with Crippen LogP contribution in [0.15, 0.2) is 212 Å². The van der Waals surface area contributed by atoms with Gasteiger partial charge >= 0.3 is 0 Å². The lowest BCUT2D eigenvalue weighted by Crippen LogP contribution is -2.23. The number of hydrogen-bond acceptors (Lipinski definition) is 2. The molecule has 0 atom stereocenters. The first-order valence-electron chi connectivity index (χ1n) is 18.7. The Morgan fingerprint density at radius 2 is 0.722 bits per heavy atom. The number of fused-ring (bicyclic) bond motifs is 5. The van der Waals surface area contributed by atoms with Crippen molar-refractivity contribution in [3.05, 3.63) is 229 Å². The molecule has 0 unspecified atom stereocenters. The van der Waals surface area contributed by atoms with E-state index in [1.54, 1.807) is 0 Å². The van der Waals surface area contributed by atoms with Crippen LogP contribution in [0.4, 0.5) is 34.1 Å². The van der Waals surface area contributed by atoms with Gasteiger partial charge in [0.2, 0.25) is 0 Å². The molecule has 1 aliphatic rings. The molecule has 0 spiro atoms. The molecule has 0 saturated heterocycles. The van der Waals surface area contributed by atoms with Crippen molar-refractivity contribution < 1.29 is 0 Å². The summed E-state index contributed by atoms with van der Waals surface area (Å²) in [5, 5.41) is 4.88. The third-order valence-electron chi connectivity index (χ3n) is 11.3. The molecular formula is C52H38N2. The highest BCUT2D eigenvalue weighted by Crippen LogP contribution is 2.55. The van der Waals surface area contributed by atoms with E-state index in [4.69, 9.17) is 0 Å². The van der Waals surface area contributed by atoms with Gasteiger partial charge in [0.25, 0.3) is 0 Å². The van der Waals surface area contributed by atoms with Crippen LogP contribution in [0.5, 0.6) is 0 Å². The fraction of sp³-hybridized carbons (Fsp3) is 0.0385. The van der Waals surface area contributed by atoms with E-state index in [0.717, 1.165) is 34.1 Å². The van der Waals surface area contributed by atoms with Gasteiger partial charge in [-0.15, -0.1) is 0 Å². The minimum atomic E-state index is -0.416. The standard InChI is InChI=1S/C52H38N2/c1-52(39-21-5-2-6-22-39)48-35-42(53(40-23-7-3-8-24-40)50-29-15-19-37-17-11-13-27-44(37)50)31-33-46(48)47-34-32-43(36-49(47)52)54(41-25-9-4-10-26-41)51-30-16-20-38-18-12-14-28-45(38)51/h2-36H,1H3. The van der Waals surface area contributed by atoms with Gasteiger partial charge in [-0.2, -0.15) is 0 Å². The molecule has 9 aromatic carbocycles. The van der Waals surface area contributed by atoms with Crippen molar-refractivity contribution in [2.24, 2.45) is 0 Å². The summed E-state index contributed by atoms with van der Waals surface area (Å²) in [6.07, 6.45) is 0. The van der Waals surface area contributed by atoms with Crippen LogP contribution in [0.25, 0.3) is 32.7 Å². The first kappa shape index (κ1) is 31.8. The molecule has 0 fully saturated rings. The van der Waals surface area contributed by atoms with E-state index < -0.39 is 5.41 Å². The first-order chi connectivity index (χ1) is 26.7. The molecule has 2 nitrogen and oxygen atoms in total. The predicted molar refractivity (Wildman–Crippen MR) is 228 cm³/mol. The predicted octanol–water partition coefficient (Wildman–Crippen LogP) is 14.3. The number of anilines is 6. The molecule has 256 valence electrons. The summed E-state index contributed by atoms with van der Waals surface area (Å²) in [4.78, 5) is 4.83. The highest BCUT2D eigenvalue weighted by atomic mass is 15.1. The van der Waals surface area contributed by atoms with Crippen molar-refractivity contribution in [3.8, 4) is 11.1 Å².